The first kappa shape index (κ1) is 14.5. The molecule has 0 bridgehead atoms. The fraction of sp³-hybridized carbons (Fsp3) is 0.0909. The third-order valence-corrected chi connectivity index (χ3v) is 2.68. The quantitative estimate of drug-likeness (QED) is 0.612. The van der Waals surface area contributed by atoms with Crippen molar-refractivity contribution in [1.29, 1.82) is 0 Å². The van der Waals surface area contributed by atoms with Gasteiger partial charge in [0.05, 0.1) is 21.4 Å². The fourth-order valence-corrected chi connectivity index (χ4v) is 1.72. The van der Waals surface area contributed by atoms with Gasteiger partial charge in [0.1, 0.15) is 0 Å². The van der Waals surface area contributed by atoms with Crippen LogP contribution < -0.4 is 11.0 Å². The van der Waals surface area contributed by atoms with E-state index in [1.165, 1.54) is 0 Å². The molecule has 0 atom stereocenters. The third-order valence-electron chi connectivity index (χ3n) is 2.68. The smallest absolute Gasteiger partial charge is 0.416 e. The number of nitrogens with one attached hydrogen (secondary N) is 1. The van der Waals surface area contributed by atoms with Crippen molar-refractivity contribution in [1.82, 2.24) is 4.98 Å². The molecule has 2 N–H and O–H groups in total. The number of benzene rings is 1. The molecule has 1 heterocycles. The number of alkyl halides is 3. The molecule has 0 unspecified atom stereocenters. The van der Waals surface area contributed by atoms with Crippen molar-refractivity contribution in [2.75, 3.05) is 0 Å². The summed E-state index contributed by atoms with van der Waals surface area (Å²) >= 11 is 0. The van der Waals surface area contributed by atoms with E-state index < -0.39 is 50.0 Å². The highest BCUT2D eigenvalue weighted by Crippen LogP contribution is 2.30. The molecule has 0 saturated heterocycles. The van der Waals surface area contributed by atoms with Gasteiger partial charge in [-0.25, -0.2) is 0 Å². The van der Waals surface area contributed by atoms with E-state index in [1.807, 2.05) is 4.98 Å². The van der Waals surface area contributed by atoms with Crippen molar-refractivity contribution >= 4 is 16.6 Å². The van der Waals surface area contributed by atoms with Crippen molar-refractivity contribution < 1.29 is 23.2 Å². The van der Waals surface area contributed by atoms with Crippen molar-refractivity contribution in [3.63, 3.8) is 0 Å². The Hall–Kier alpha value is -2.91. The molecule has 2 aromatic rings. The van der Waals surface area contributed by atoms with Gasteiger partial charge in [0.15, 0.2) is 0 Å². The molecule has 7 nitrogen and oxygen atoms in total. The van der Waals surface area contributed by atoms with Crippen LogP contribution in [0.1, 0.15) is 5.56 Å². The van der Waals surface area contributed by atoms with E-state index in [-0.39, 0.29) is 0 Å². The summed E-state index contributed by atoms with van der Waals surface area (Å²) in [7, 11) is 0. The van der Waals surface area contributed by atoms with Gasteiger partial charge in [-0.05, 0) is 18.2 Å². The molecule has 10 heteroatoms. The normalized spacial score (nSPS) is 11.6. The Morgan fingerprint density at radius 2 is 1.86 bits per heavy atom. The zero-order valence-corrected chi connectivity index (χ0v) is 9.89. The van der Waals surface area contributed by atoms with Gasteiger partial charge in [-0.15, -0.1) is 0 Å². The summed E-state index contributed by atoms with van der Waals surface area (Å²) in [6, 6.07) is 1.70. The summed E-state index contributed by atoms with van der Waals surface area (Å²) in [5.41, 5.74) is -5.92. The Morgan fingerprint density at radius 1 is 1.24 bits per heavy atom. The molecule has 0 fully saturated rings. The predicted octanol–water partition coefficient (Wildman–Crippen LogP) is 1.52. The summed E-state index contributed by atoms with van der Waals surface area (Å²) in [5.74, 6) is -1.46. The first-order valence-electron chi connectivity index (χ1n) is 5.28. The number of nitro groups is 1. The van der Waals surface area contributed by atoms with Crippen LogP contribution in [-0.2, 0) is 6.18 Å². The Morgan fingerprint density at radius 3 is 2.38 bits per heavy atom. The monoisotopic (exact) mass is 302 g/mol. The highest BCUT2D eigenvalue weighted by atomic mass is 19.4. The number of hydrogen-bond acceptors (Lipinski definition) is 5. The van der Waals surface area contributed by atoms with Gasteiger partial charge in [-0.3, -0.25) is 19.7 Å². The van der Waals surface area contributed by atoms with E-state index in [2.05, 4.69) is 0 Å². The van der Waals surface area contributed by atoms with E-state index in [0.717, 1.165) is 0 Å². The average molecular weight is 302 g/mol. The molecule has 1 aromatic carbocycles. The zero-order valence-electron chi connectivity index (χ0n) is 9.89. The van der Waals surface area contributed by atoms with Crippen LogP contribution in [0.25, 0.3) is 10.9 Å². The summed E-state index contributed by atoms with van der Waals surface area (Å²) in [4.78, 5) is 34.6. The van der Waals surface area contributed by atoms with Crippen molar-refractivity contribution in [3.8, 4) is 5.75 Å². The summed E-state index contributed by atoms with van der Waals surface area (Å²) in [5, 5.41) is 19.5. The summed E-state index contributed by atoms with van der Waals surface area (Å²) in [6.45, 7) is 0. The summed E-state index contributed by atoms with van der Waals surface area (Å²) < 4.78 is 37.7. The van der Waals surface area contributed by atoms with Gasteiger partial charge in [-0.1, -0.05) is 0 Å². The lowest BCUT2D eigenvalue weighted by molar-refractivity contribution is -0.386. The number of fused-ring (bicyclic) bond motifs is 1. The molecule has 21 heavy (non-hydrogen) atoms. The SMILES string of the molecule is O=c1[nH]c2cc(C(F)(F)F)ccc2c(=O)c([N+](=O)[O-])c1O. The average Bonchev–Trinajstić information content (AvgIpc) is 2.44. The second-order valence-corrected chi connectivity index (χ2v) is 4.00. The van der Waals surface area contributed by atoms with E-state index in [1.54, 1.807) is 0 Å². The molecule has 0 aliphatic carbocycles. The Kier molecular flexibility index (Phi) is 3.16. The first-order chi connectivity index (χ1) is 9.62. The van der Waals surface area contributed by atoms with Crippen LogP contribution in [0.4, 0.5) is 18.9 Å². The topological polar surface area (TPSA) is 113 Å². The largest absolute Gasteiger partial charge is 0.498 e. The number of halogens is 3. The lowest BCUT2D eigenvalue weighted by atomic mass is 10.1. The maximum Gasteiger partial charge on any atom is 0.416 e. The van der Waals surface area contributed by atoms with Crippen molar-refractivity contribution in [2.45, 2.75) is 6.18 Å². The summed E-state index contributed by atoms with van der Waals surface area (Å²) in [6.07, 6.45) is -4.73. The highest BCUT2D eigenvalue weighted by Gasteiger charge is 2.31. The maximum atomic E-state index is 12.6. The minimum atomic E-state index is -4.73. The van der Waals surface area contributed by atoms with Crippen LogP contribution in [0.15, 0.2) is 27.8 Å². The Balaban J connectivity index is 3.03. The van der Waals surface area contributed by atoms with Crippen molar-refractivity contribution in [3.05, 3.63) is 54.5 Å². The molecule has 0 spiro atoms. The Bertz CT molecular complexity index is 872. The van der Waals surface area contributed by atoms with Gasteiger partial charge < -0.3 is 10.1 Å². The number of aromatic nitrogens is 1. The minimum Gasteiger partial charge on any atom is -0.498 e. The lowest BCUT2D eigenvalue weighted by Gasteiger charge is -2.05. The molecular weight excluding hydrogens is 297 g/mol. The molecule has 0 amide bonds. The van der Waals surface area contributed by atoms with Crippen LogP contribution in [0.3, 0.4) is 0 Å². The van der Waals surface area contributed by atoms with E-state index in [0.29, 0.717) is 18.2 Å². The van der Waals surface area contributed by atoms with Crippen molar-refractivity contribution in [2.24, 2.45) is 0 Å². The van der Waals surface area contributed by atoms with Crippen LogP contribution in [0.2, 0.25) is 0 Å². The molecule has 2 rings (SSSR count). The Labute approximate surface area is 112 Å². The second-order valence-electron chi connectivity index (χ2n) is 4.00. The number of rotatable bonds is 1. The minimum absolute atomic E-state index is 0.460. The number of hydrogen-bond donors (Lipinski definition) is 2. The van der Waals surface area contributed by atoms with Gasteiger partial charge in [0, 0.05) is 0 Å². The van der Waals surface area contributed by atoms with Gasteiger partial charge >= 0.3 is 11.9 Å². The zero-order chi connectivity index (χ0) is 15.9. The maximum absolute atomic E-state index is 12.6. The molecule has 110 valence electrons. The van der Waals surface area contributed by atoms with Gasteiger partial charge in [-0.2, -0.15) is 13.2 Å². The molecule has 0 saturated carbocycles. The van der Waals surface area contributed by atoms with Crippen LogP contribution in [0.5, 0.6) is 5.75 Å². The van der Waals surface area contributed by atoms with Crippen LogP contribution in [-0.4, -0.2) is 15.0 Å². The first-order valence-corrected chi connectivity index (χ1v) is 5.28. The number of aromatic hydroxyl groups is 1. The van der Waals surface area contributed by atoms with Crippen LogP contribution >= 0.6 is 0 Å². The molecular formula is C11H5F3N2O5. The molecule has 1 aromatic heterocycles. The van der Waals surface area contributed by atoms with Gasteiger partial charge in [0.25, 0.3) is 16.7 Å². The van der Waals surface area contributed by atoms with E-state index in [4.69, 9.17) is 0 Å². The third kappa shape index (κ3) is 2.42. The van der Waals surface area contributed by atoms with Gasteiger partial charge in [0.2, 0.25) is 0 Å². The van der Waals surface area contributed by atoms with E-state index >= 15 is 0 Å². The van der Waals surface area contributed by atoms with Crippen LogP contribution in [0, 0.1) is 10.1 Å². The molecule has 0 aliphatic rings. The number of nitrogens with zero attached hydrogens (tertiary/aromatic N) is 1. The number of H-pyrrole nitrogens is 1. The fourth-order valence-electron chi connectivity index (χ4n) is 1.72. The highest BCUT2D eigenvalue weighted by molar-refractivity contribution is 5.81. The predicted molar refractivity (Wildman–Crippen MR) is 64.2 cm³/mol. The number of aromatic amines is 1. The molecule has 0 aliphatic heterocycles. The standard InChI is InChI=1S/C11H5F3N2O5/c12-11(13,14)4-1-2-5-6(3-4)15-10(19)9(18)7(8(5)17)16(20)21/h1-3,18H,(H,15,19). The lowest BCUT2D eigenvalue weighted by Crippen LogP contribution is -2.08. The molecule has 0 radical (unpaired) electrons. The second kappa shape index (κ2) is 4.58. The van der Waals surface area contributed by atoms with E-state index in [9.17, 15) is 38.0 Å².